The van der Waals surface area contributed by atoms with E-state index in [2.05, 4.69) is 10.5 Å². The number of hydrogen-bond acceptors (Lipinski definition) is 5. The van der Waals surface area contributed by atoms with Gasteiger partial charge in [-0.1, -0.05) is 17.3 Å². The van der Waals surface area contributed by atoms with Crippen LogP contribution in [0.25, 0.3) is 0 Å². The lowest BCUT2D eigenvalue weighted by Gasteiger charge is -2.35. The Hall–Kier alpha value is -2.55. The van der Waals surface area contributed by atoms with Gasteiger partial charge in [0.2, 0.25) is 5.76 Å². The number of hydrogen-bond donors (Lipinski definition) is 1. The van der Waals surface area contributed by atoms with E-state index in [1.165, 1.54) is 17.8 Å². The Morgan fingerprint density at radius 1 is 1.25 bits per heavy atom. The van der Waals surface area contributed by atoms with Crippen LogP contribution in [0.5, 0.6) is 0 Å². The first kappa shape index (κ1) is 18.8. The van der Waals surface area contributed by atoms with Gasteiger partial charge in [0, 0.05) is 42.9 Å². The smallest absolute Gasteiger partial charge is 0.318 e. The van der Waals surface area contributed by atoms with Gasteiger partial charge in [-0.25, -0.2) is 9.18 Å². The van der Waals surface area contributed by atoms with Gasteiger partial charge in [-0.15, -0.1) is 11.8 Å². The maximum atomic E-state index is 14.0. The van der Waals surface area contributed by atoms with Crippen LogP contribution in [0.2, 0.25) is 0 Å². The zero-order valence-electron chi connectivity index (χ0n) is 15.5. The van der Waals surface area contributed by atoms with Crippen LogP contribution in [0.4, 0.5) is 9.18 Å². The third-order valence-corrected chi connectivity index (χ3v) is 6.18. The molecule has 2 aliphatic rings. The van der Waals surface area contributed by atoms with Crippen molar-refractivity contribution >= 4 is 23.7 Å². The normalized spacial score (nSPS) is 19.3. The van der Waals surface area contributed by atoms with E-state index in [1.54, 1.807) is 28.9 Å². The lowest BCUT2D eigenvalue weighted by molar-refractivity contribution is 0.0623. The molecule has 4 rings (SSSR count). The van der Waals surface area contributed by atoms with E-state index in [0.717, 1.165) is 17.7 Å². The maximum Gasteiger partial charge on any atom is 0.318 e. The highest BCUT2D eigenvalue weighted by Gasteiger charge is 2.29. The summed E-state index contributed by atoms with van der Waals surface area (Å²) in [6.07, 6.45) is 0.760. The number of nitrogens with zero attached hydrogens (tertiary/aromatic N) is 3. The molecule has 2 aliphatic heterocycles. The molecule has 1 atom stereocenters. The number of amides is 3. The average molecular weight is 404 g/mol. The Kier molecular flexibility index (Phi) is 5.25. The number of aryl methyl sites for hydroxylation is 1. The number of piperazine rings is 1. The van der Waals surface area contributed by atoms with Gasteiger partial charge in [-0.2, -0.15) is 0 Å². The minimum atomic E-state index is -0.240. The standard InChI is InChI=1S/C19H21FN4O3S/c1-12-11-16(27-22-12)18(25)23-6-8-24(9-7-23)19(26)21-15-5-10-28-17-13(15)3-2-4-14(17)20/h2-4,11,15H,5-10H2,1H3,(H,21,26). The van der Waals surface area contributed by atoms with E-state index in [-0.39, 0.29) is 29.6 Å². The number of rotatable bonds is 2. The highest BCUT2D eigenvalue weighted by Crippen LogP contribution is 2.37. The Morgan fingerprint density at radius 2 is 2.00 bits per heavy atom. The molecule has 28 heavy (non-hydrogen) atoms. The van der Waals surface area contributed by atoms with Crippen molar-refractivity contribution in [2.45, 2.75) is 24.3 Å². The lowest BCUT2D eigenvalue weighted by Crippen LogP contribution is -2.53. The monoisotopic (exact) mass is 404 g/mol. The van der Waals surface area contributed by atoms with Gasteiger partial charge in [0.25, 0.3) is 5.91 Å². The molecule has 0 radical (unpaired) electrons. The molecule has 0 aliphatic carbocycles. The summed E-state index contributed by atoms with van der Waals surface area (Å²) < 4.78 is 19.0. The van der Waals surface area contributed by atoms with Crippen molar-refractivity contribution in [1.29, 1.82) is 0 Å². The summed E-state index contributed by atoms with van der Waals surface area (Å²) in [4.78, 5) is 29.1. The predicted molar refractivity (Wildman–Crippen MR) is 102 cm³/mol. The fraction of sp³-hybridized carbons (Fsp3) is 0.421. The predicted octanol–water partition coefficient (Wildman–Crippen LogP) is 2.83. The van der Waals surface area contributed by atoms with Crippen LogP contribution in [-0.2, 0) is 0 Å². The van der Waals surface area contributed by atoms with Crippen LogP contribution in [0.15, 0.2) is 33.7 Å². The molecule has 148 valence electrons. The SMILES string of the molecule is Cc1cc(C(=O)N2CCN(C(=O)NC3CCSc4c(F)cccc43)CC2)on1. The largest absolute Gasteiger partial charge is 0.351 e. The average Bonchev–Trinajstić information content (AvgIpc) is 3.15. The van der Waals surface area contributed by atoms with Gasteiger partial charge >= 0.3 is 6.03 Å². The van der Waals surface area contributed by atoms with E-state index in [4.69, 9.17) is 4.52 Å². The number of fused-ring (bicyclic) bond motifs is 1. The van der Waals surface area contributed by atoms with E-state index in [9.17, 15) is 14.0 Å². The Morgan fingerprint density at radius 3 is 2.71 bits per heavy atom. The van der Waals surface area contributed by atoms with E-state index in [0.29, 0.717) is 36.8 Å². The van der Waals surface area contributed by atoms with Crippen molar-refractivity contribution in [2.24, 2.45) is 0 Å². The van der Waals surface area contributed by atoms with Gasteiger partial charge in [0.1, 0.15) is 5.82 Å². The molecular formula is C19H21FN4O3S. The number of nitrogens with one attached hydrogen (secondary N) is 1. The topological polar surface area (TPSA) is 78.7 Å². The maximum absolute atomic E-state index is 14.0. The summed E-state index contributed by atoms with van der Waals surface area (Å²) in [6, 6.07) is 6.22. The van der Waals surface area contributed by atoms with Crippen molar-refractivity contribution in [3.8, 4) is 0 Å². The highest BCUT2D eigenvalue weighted by molar-refractivity contribution is 7.99. The summed E-state index contributed by atoms with van der Waals surface area (Å²) in [7, 11) is 0. The second-order valence-corrected chi connectivity index (χ2v) is 8.01. The Bertz CT molecular complexity index is 895. The molecule has 0 spiro atoms. The summed E-state index contributed by atoms with van der Waals surface area (Å²) in [5, 5.41) is 6.77. The zero-order valence-corrected chi connectivity index (χ0v) is 16.3. The van der Waals surface area contributed by atoms with E-state index < -0.39 is 0 Å². The molecule has 2 aromatic rings. The number of benzene rings is 1. The molecule has 1 unspecified atom stereocenters. The minimum absolute atomic E-state index is 0.185. The fourth-order valence-electron chi connectivity index (χ4n) is 3.51. The van der Waals surface area contributed by atoms with Crippen molar-refractivity contribution < 1.29 is 18.5 Å². The first-order valence-electron chi connectivity index (χ1n) is 9.22. The molecule has 1 aromatic carbocycles. The number of halogens is 1. The van der Waals surface area contributed by atoms with Gasteiger partial charge in [0.05, 0.1) is 11.7 Å². The third-order valence-electron chi connectivity index (χ3n) is 5.02. The second kappa shape index (κ2) is 7.83. The first-order valence-corrected chi connectivity index (χ1v) is 10.2. The van der Waals surface area contributed by atoms with E-state index >= 15 is 0 Å². The third kappa shape index (κ3) is 3.71. The van der Waals surface area contributed by atoms with Crippen molar-refractivity contribution in [2.75, 3.05) is 31.9 Å². The second-order valence-electron chi connectivity index (χ2n) is 6.91. The van der Waals surface area contributed by atoms with Gasteiger partial charge in [0.15, 0.2) is 0 Å². The van der Waals surface area contributed by atoms with Crippen LogP contribution in [-0.4, -0.2) is 58.8 Å². The van der Waals surface area contributed by atoms with Crippen LogP contribution < -0.4 is 5.32 Å². The van der Waals surface area contributed by atoms with Crippen LogP contribution in [0.1, 0.15) is 34.3 Å². The van der Waals surface area contributed by atoms with Crippen molar-refractivity contribution in [3.05, 3.63) is 47.1 Å². The molecule has 9 heteroatoms. The van der Waals surface area contributed by atoms with Gasteiger partial charge in [-0.05, 0) is 25.0 Å². The fourth-order valence-corrected chi connectivity index (χ4v) is 4.65. The van der Waals surface area contributed by atoms with Crippen molar-refractivity contribution in [3.63, 3.8) is 0 Å². The molecule has 1 N–H and O–H groups in total. The zero-order chi connectivity index (χ0) is 19.7. The number of thioether (sulfide) groups is 1. The van der Waals surface area contributed by atoms with Gasteiger partial charge in [-0.3, -0.25) is 4.79 Å². The number of carbonyl (C=O) groups is 2. The summed E-state index contributed by atoms with van der Waals surface area (Å²) in [5.41, 5.74) is 1.49. The first-order chi connectivity index (χ1) is 13.5. The van der Waals surface area contributed by atoms with Crippen LogP contribution in [0.3, 0.4) is 0 Å². The number of aromatic nitrogens is 1. The minimum Gasteiger partial charge on any atom is -0.351 e. The number of urea groups is 1. The molecule has 0 saturated carbocycles. The summed E-state index contributed by atoms with van der Waals surface area (Å²) >= 11 is 1.49. The Labute approximate surface area is 166 Å². The van der Waals surface area contributed by atoms with Crippen molar-refractivity contribution in [1.82, 2.24) is 20.3 Å². The molecule has 1 fully saturated rings. The highest BCUT2D eigenvalue weighted by atomic mass is 32.2. The lowest BCUT2D eigenvalue weighted by atomic mass is 10.0. The van der Waals surface area contributed by atoms with Crippen LogP contribution in [0, 0.1) is 12.7 Å². The molecule has 1 aromatic heterocycles. The molecular weight excluding hydrogens is 383 g/mol. The summed E-state index contributed by atoms with van der Waals surface area (Å²) in [6.45, 7) is 3.48. The summed E-state index contributed by atoms with van der Waals surface area (Å²) in [5.74, 6) is 0.525. The van der Waals surface area contributed by atoms with Gasteiger partial charge < -0.3 is 19.6 Å². The molecule has 3 amide bonds. The molecule has 3 heterocycles. The molecule has 7 nitrogen and oxygen atoms in total. The quantitative estimate of drug-likeness (QED) is 0.833. The molecule has 0 bridgehead atoms. The van der Waals surface area contributed by atoms with Crippen LogP contribution >= 0.6 is 11.8 Å². The Balaban J connectivity index is 1.35. The molecule has 1 saturated heterocycles. The van der Waals surface area contributed by atoms with E-state index in [1.807, 2.05) is 6.07 Å². The number of carbonyl (C=O) groups excluding carboxylic acids is 2.